The zero-order valence-corrected chi connectivity index (χ0v) is 13.1. The predicted octanol–water partition coefficient (Wildman–Crippen LogP) is 1.29. The number of fused-ring (bicyclic) bond motifs is 1. The Labute approximate surface area is 133 Å². The van der Waals surface area contributed by atoms with Crippen molar-refractivity contribution in [2.75, 3.05) is 30.0 Å². The van der Waals surface area contributed by atoms with E-state index in [1.165, 1.54) is 0 Å². The molecule has 0 unspecified atom stereocenters. The molecule has 0 saturated carbocycles. The lowest BCUT2D eigenvalue weighted by Gasteiger charge is -2.19. The van der Waals surface area contributed by atoms with Gasteiger partial charge in [-0.1, -0.05) is 18.2 Å². The van der Waals surface area contributed by atoms with Gasteiger partial charge in [-0.05, 0) is 12.5 Å². The van der Waals surface area contributed by atoms with Crippen LogP contribution in [-0.4, -0.2) is 51.5 Å². The third-order valence-electron chi connectivity index (χ3n) is 3.61. The SMILES string of the molecule is N[C@H](CCNc1ncc2ccccc2n1)C(=O)N1CCSC1. The van der Waals surface area contributed by atoms with E-state index < -0.39 is 6.04 Å². The summed E-state index contributed by atoms with van der Waals surface area (Å²) in [5.74, 6) is 2.36. The Hall–Kier alpha value is -1.86. The van der Waals surface area contributed by atoms with Crippen LogP contribution in [0.1, 0.15) is 6.42 Å². The van der Waals surface area contributed by atoms with E-state index >= 15 is 0 Å². The fourth-order valence-corrected chi connectivity index (χ4v) is 3.30. The summed E-state index contributed by atoms with van der Waals surface area (Å²) in [7, 11) is 0. The number of carbonyl (C=O) groups is 1. The van der Waals surface area contributed by atoms with Gasteiger partial charge in [0.15, 0.2) is 0 Å². The summed E-state index contributed by atoms with van der Waals surface area (Å²) in [4.78, 5) is 22.6. The first-order chi connectivity index (χ1) is 10.7. The lowest BCUT2D eigenvalue weighted by Crippen LogP contribution is -2.43. The van der Waals surface area contributed by atoms with Crippen molar-refractivity contribution in [1.82, 2.24) is 14.9 Å². The molecule has 1 amide bonds. The van der Waals surface area contributed by atoms with Crippen LogP contribution in [0.4, 0.5) is 5.95 Å². The van der Waals surface area contributed by atoms with E-state index in [1.54, 1.807) is 18.0 Å². The van der Waals surface area contributed by atoms with Gasteiger partial charge in [0.1, 0.15) is 0 Å². The fourth-order valence-electron chi connectivity index (χ4n) is 2.34. The monoisotopic (exact) mass is 317 g/mol. The highest BCUT2D eigenvalue weighted by atomic mass is 32.2. The van der Waals surface area contributed by atoms with Gasteiger partial charge in [-0.25, -0.2) is 9.97 Å². The second kappa shape index (κ2) is 6.93. The molecule has 0 aliphatic carbocycles. The van der Waals surface area contributed by atoms with Crippen LogP contribution >= 0.6 is 11.8 Å². The second-order valence-electron chi connectivity index (χ2n) is 5.21. The molecule has 0 radical (unpaired) electrons. The van der Waals surface area contributed by atoms with E-state index in [1.807, 2.05) is 29.2 Å². The minimum atomic E-state index is -0.466. The minimum Gasteiger partial charge on any atom is -0.354 e. The molecule has 22 heavy (non-hydrogen) atoms. The molecular formula is C15H19N5OS. The summed E-state index contributed by atoms with van der Waals surface area (Å²) in [6, 6.07) is 7.36. The van der Waals surface area contributed by atoms with Crippen LogP contribution in [0.25, 0.3) is 10.9 Å². The Morgan fingerprint density at radius 3 is 3.14 bits per heavy atom. The van der Waals surface area contributed by atoms with E-state index in [-0.39, 0.29) is 5.91 Å². The van der Waals surface area contributed by atoms with Crippen molar-refractivity contribution in [3.05, 3.63) is 30.5 Å². The number of hydrogen-bond acceptors (Lipinski definition) is 6. The normalized spacial score (nSPS) is 16.0. The highest BCUT2D eigenvalue weighted by Crippen LogP contribution is 2.15. The van der Waals surface area contributed by atoms with Gasteiger partial charge in [0, 0.05) is 30.4 Å². The molecule has 3 rings (SSSR count). The van der Waals surface area contributed by atoms with Crippen LogP contribution in [0.2, 0.25) is 0 Å². The first kappa shape index (κ1) is 15.1. The number of thioether (sulfide) groups is 1. The van der Waals surface area contributed by atoms with Crippen molar-refractivity contribution in [3.63, 3.8) is 0 Å². The molecule has 1 aromatic carbocycles. The second-order valence-corrected chi connectivity index (χ2v) is 6.29. The molecule has 2 aromatic rings. The molecule has 1 aromatic heterocycles. The van der Waals surface area contributed by atoms with Crippen molar-refractivity contribution < 1.29 is 4.79 Å². The van der Waals surface area contributed by atoms with Crippen molar-refractivity contribution in [3.8, 4) is 0 Å². The van der Waals surface area contributed by atoms with Gasteiger partial charge in [-0.15, -0.1) is 11.8 Å². The number of carbonyl (C=O) groups excluding carboxylic acids is 1. The zero-order valence-electron chi connectivity index (χ0n) is 12.2. The van der Waals surface area contributed by atoms with E-state index in [0.29, 0.717) is 18.9 Å². The van der Waals surface area contributed by atoms with E-state index in [9.17, 15) is 4.79 Å². The number of rotatable bonds is 5. The van der Waals surface area contributed by atoms with Gasteiger partial charge in [-0.3, -0.25) is 4.79 Å². The summed E-state index contributed by atoms with van der Waals surface area (Å²) in [5.41, 5.74) is 6.87. The fraction of sp³-hybridized carbons (Fsp3) is 0.400. The Morgan fingerprint density at radius 2 is 2.32 bits per heavy atom. The maximum Gasteiger partial charge on any atom is 0.240 e. The molecule has 2 heterocycles. The molecule has 116 valence electrons. The molecule has 6 nitrogen and oxygen atoms in total. The van der Waals surface area contributed by atoms with Crippen molar-refractivity contribution in [1.29, 1.82) is 0 Å². The molecular weight excluding hydrogens is 298 g/mol. The van der Waals surface area contributed by atoms with Gasteiger partial charge in [-0.2, -0.15) is 0 Å². The lowest BCUT2D eigenvalue weighted by atomic mass is 10.2. The smallest absolute Gasteiger partial charge is 0.240 e. The molecule has 3 N–H and O–H groups in total. The van der Waals surface area contributed by atoms with Crippen LogP contribution in [0.5, 0.6) is 0 Å². The Balaban J connectivity index is 1.52. The van der Waals surface area contributed by atoms with Crippen molar-refractivity contribution >= 4 is 34.5 Å². The number of para-hydroxylation sites is 1. The van der Waals surface area contributed by atoms with Crippen LogP contribution < -0.4 is 11.1 Å². The van der Waals surface area contributed by atoms with E-state index in [4.69, 9.17) is 5.73 Å². The summed E-state index contributed by atoms with van der Waals surface area (Å²) in [6.45, 7) is 1.38. The molecule has 1 atom stereocenters. The van der Waals surface area contributed by atoms with Crippen LogP contribution in [0.3, 0.4) is 0 Å². The molecule has 1 fully saturated rings. The standard InChI is InChI=1S/C15H19N5OS/c16-12(14(21)20-7-8-22-10-20)5-6-17-15-18-9-11-3-1-2-4-13(11)19-15/h1-4,9,12H,5-8,10,16H2,(H,17,18,19)/t12-/m1/s1. The third-order valence-corrected chi connectivity index (χ3v) is 4.57. The number of benzene rings is 1. The van der Waals surface area contributed by atoms with Crippen LogP contribution in [-0.2, 0) is 4.79 Å². The van der Waals surface area contributed by atoms with Crippen molar-refractivity contribution in [2.24, 2.45) is 5.73 Å². The third kappa shape index (κ3) is 3.48. The summed E-state index contributed by atoms with van der Waals surface area (Å²) in [6.07, 6.45) is 2.35. The predicted molar refractivity (Wildman–Crippen MR) is 89.7 cm³/mol. The minimum absolute atomic E-state index is 0.0335. The Morgan fingerprint density at radius 1 is 1.45 bits per heavy atom. The lowest BCUT2D eigenvalue weighted by molar-refractivity contribution is -0.131. The highest BCUT2D eigenvalue weighted by Gasteiger charge is 2.23. The number of amides is 1. The summed E-state index contributed by atoms with van der Waals surface area (Å²) < 4.78 is 0. The van der Waals surface area contributed by atoms with Crippen molar-refractivity contribution in [2.45, 2.75) is 12.5 Å². The number of nitrogens with zero attached hydrogens (tertiary/aromatic N) is 3. The summed E-state index contributed by atoms with van der Waals surface area (Å²) >= 11 is 1.76. The number of aromatic nitrogens is 2. The first-order valence-electron chi connectivity index (χ1n) is 7.32. The topological polar surface area (TPSA) is 84.1 Å². The van der Waals surface area contributed by atoms with Gasteiger partial charge in [0.05, 0.1) is 17.4 Å². The molecule has 1 aliphatic rings. The molecule has 1 saturated heterocycles. The van der Waals surface area contributed by atoms with E-state index in [0.717, 1.165) is 29.1 Å². The van der Waals surface area contributed by atoms with Gasteiger partial charge < -0.3 is 16.0 Å². The number of nitrogens with two attached hydrogens (primary N) is 1. The number of nitrogens with one attached hydrogen (secondary N) is 1. The quantitative estimate of drug-likeness (QED) is 0.864. The molecule has 1 aliphatic heterocycles. The maximum absolute atomic E-state index is 12.1. The zero-order chi connectivity index (χ0) is 15.4. The van der Waals surface area contributed by atoms with Gasteiger partial charge in [0.2, 0.25) is 11.9 Å². The number of hydrogen-bond donors (Lipinski definition) is 2. The Kier molecular flexibility index (Phi) is 4.74. The highest BCUT2D eigenvalue weighted by molar-refractivity contribution is 7.99. The van der Waals surface area contributed by atoms with Crippen LogP contribution in [0, 0.1) is 0 Å². The average molecular weight is 317 g/mol. The molecule has 0 bridgehead atoms. The average Bonchev–Trinajstić information content (AvgIpc) is 3.08. The number of anilines is 1. The first-order valence-corrected chi connectivity index (χ1v) is 8.47. The Bertz CT molecular complexity index is 659. The maximum atomic E-state index is 12.1. The summed E-state index contributed by atoms with van der Waals surface area (Å²) in [5, 5.41) is 4.14. The molecule has 7 heteroatoms. The van der Waals surface area contributed by atoms with Crippen LogP contribution in [0.15, 0.2) is 30.5 Å². The largest absolute Gasteiger partial charge is 0.354 e. The molecule has 0 spiro atoms. The van der Waals surface area contributed by atoms with Gasteiger partial charge >= 0.3 is 0 Å². The van der Waals surface area contributed by atoms with Gasteiger partial charge in [0.25, 0.3) is 0 Å². The van der Waals surface area contributed by atoms with E-state index in [2.05, 4.69) is 15.3 Å².